The van der Waals surface area contributed by atoms with Crippen LogP contribution in [-0.2, 0) is 14.3 Å². The Hall–Kier alpha value is -2.51. The van der Waals surface area contributed by atoms with Gasteiger partial charge in [-0.3, -0.25) is 14.6 Å². The zero-order valence-electron chi connectivity index (χ0n) is 19.0. The number of hydrogen-bond acceptors (Lipinski definition) is 5. The van der Waals surface area contributed by atoms with Crippen molar-refractivity contribution in [3.8, 4) is 0 Å². The average Bonchev–Trinajstić information content (AvgIpc) is 3.03. The average molecular weight is 446 g/mol. The van der Waals surface area contributed by atoms with E-state index in [1.54, 1.807) is 25.7 Å². The van der Waals surface area contributed by atoms with Gasteiger partial charge < -0.3 is 15.0 Å². The number of amides is 2. The fourth-order valence-corrected chi connectivity index (χ4v) is 5.29. The van der Waals surface area contributed by atoms with Crippen molar-refractivity contribution in [1.29, 1.82) is 0 Å². The first-order chi connectivity index (χ1) is 15.1. The monoisotopic (exact) mass is 445 g/mol. The molecule has 2 saturated heterocycles. The molecule has 3 atom stereocenters. The lowest BCUT2D eigenvalue weighted by atomic mass is 9.68. The molecule has 7 nitrogen and oxygen atoms in total. The van der Waals surface area contributed by atoms with Crippen LogP contribution in [0.4, 0.5) is 9.18 Å². The number of ketones is 1. The Balaban J connectivity index is 1.41. The van der Waals surface area contributed by atoms with E-state index in [4.69, 9.17) is 4.74 Å². The minimum atomic E-state index is -0.679. The molecule has 1 aromatic rings. The second kappa shape index (κ2) is 8.79. The lowest BCUT2D eigenvalue weighted by Gasteiger charge is -2.38. The first-order valence-corrected chi connectivity index (χ1v) is 11.6. The van der Waals surface area contributed by atoms with Crippen molar-refractivity contribution in [3.05, 3.63) is 29.8 Å². The van der Waals surface area contributed by atoms with Gasteiger partial charge in [0.1, 0.15) is 17.5 Å². The minimum absolute atomic E-state index is 0.00345. The van der Waals surface area contributed by atoms with Crippen LogP contribution in [0.3, 0.4) is 0 Å². The molecule has 1 aliphatic carbocycles. The molecule has 0 unspecified atom stereocenters. The van der Waals surface area contributed by atoms with E-state index >= 15 is 0 Å². The van der Waals surface area contributed by atoms with Crippen LogP contribution in [0.15, 0.2) is 18.5 Å². The summed E-state index contributed by atoms with van der Waals surface area (Å²) >= 11 is 0. The molecule has 32 heavy (non-hydrogen) atoms. The topological polar surface area (TPSA) is 88.6 Å². The van der Waals surface area contributed by atoms with Crippen LogP contribution in [0, 0.1) is 11.7 Å². The highest BCUT2D eigenvalue weighted by atomic mass is 19.1. The molecule has 3 fully saturated rings. The maximum atomic E-state index is 14.0. The predicted molar refractivity (Wildman–Crippen MR) is 115 cm³/mol. The third-order valence-corrected chi connectivity index (χ3v) is 6.88. The van der Waals surface area contributed by atoms with Gasteiger partial charge in [0.25, 0.3) is 0 Å². The summed E-state index contributed by atoms with van der Waals surface area (Å²) in [5.74, 6) is -0.578. The number of nitrogens with zero attached hydrogens (tertiary/aromatic N) is 2. The number of carbonyl (C=O) groups excluding carboxylic acids is 3. The molecular formula is C24H32FN3O4. The molecule has 0 bridgehead atoms. The summed E-state index contributed by atoms with van der Waals surface area (Å²) in [7, 11) is 0. The molecule has 2 amide bonds. The first-order valence-electron chi connectivity index (χ1n) is 11.6. The Bertz CT molecular complexity index is 893. The fourth-order valence-electron chi connectivity index (χ4n) is 5.29. The molecular weight excluding hydrogens is 413 g/mol. The molecule has 8 heteroatoms. The van der Waals surface area contributed by atoms with Gasteiger partial charge in [0.15, 0.2) is 5.78 Å². The summed E-state index contributed by atoms with van der Waals surface area (Å²) < 4.78 is 19.4. The van der Waals surface area contributed by atoms with E-state index in [0.29, 0.717) is 31.2 Å². The number of rotatable bonds is 4. The fraction of sp³-hybridized carbons (Fsp3) is 0.667. The van der Waals surface area contributed by atoms with E-state index in [1.165, 1.54) is 18.5 Å². The van der Waals surface area contributed by atoms with Gasteiger partial charge >= 0.3 is 6.09 Å². The van der Waals surface area contributed by atoms with E-state index < -0.39 is 23.8 Å². The standard InChI is InChI=1S/C24H32FN3O4/c1-24(2,3)32-23(31)27-19-6-4-5-16-7-8-20(28(16)22(19)30)21(29)15-11-14(12-15)17-13-26-10-9-18(17)25/h9-10,13-16,19-20H,4-8,11-12H2,1-3H3,(H,27,31)/t14?,15?,16-,19-,20-/m0/s1. The van der Waals surface area contributed by atoms with Crippen molar-refractivity contribution in [1.82, 2.24) is 15.2 Å². The Morgan fingerprint density at radius 2 is 1.94 bits per heavy atom. The molecule has 3 heterocycles. The Labute approximate surface area is 188 Å². The number of alkyl carbamates (subject to hydrolysis) is 1. The summed E-state index contributed by atoms with van der Waals surface area (Å²) in [6.45, 7) is 5.32. The Morgan fingerprint density at radius 1 is 1.19 bits per heavy atom. The van der Waals surface area contributed by atoms with Gasteiger partial charge in [-0.25, -0.2) is 9.18 Å². The van der Waals surface area contributed by atoms with Crippen LogP contribution in [0.5, 0.6) is 0 Å². The number of carbonyl (C=O) groups is 3. The number of halogens is 1. The number of Topliss-reactive ketones (excluding diaryl/α,β-unsaturated/α-hetero) is 1. The summed E-state index contributed by atoms with van der Waals surface area (Å²) in [6.07, 6.45) is 7.15. The third-order valence-electron chi connectivity index (χ3n) is 6.88. The summed E-state index contributed by atoms with van der Waals surface area (Å²) in [6, 6.07) is 0.244. The predicted octanol–water partition coefficient (Wildman–Crippen LogP) is 3.72. The highest BCUT2D eigenvalue weighted by Crippen LogP contribution is 2.45. The van der Waals surface area contributed by atoms with Gasteiger partial charge in [0.05, 0.1) is 6.04 Å². The van der Waals surface area contributed by atoms with Crippen LogP contribution < -0.4 is 5.32 Å². The van der Waals surface area contributed by atoms with Crippen molar-refractivity contribution < 1.29 is 23.5 Å². The van der Waals surface area contributed by atoms with E-state index in [9.17, 15) is 18.8 Å². The SMILES string of the molecule is CC(C)(C)OC(=O)N[C@H]1CCC[C@H]2CC[C@@H](C(=O)C3CC(c4cnccc4F)C3)N2C1=O. The first kappa shape index (κ1) is 22.7. The van der Waals surface area contributed by atoms with E-state index in [1.807, 2.05) is 0 Å². The molecule has 1 N–H and O–H groups in total. The number of aromatic nitrogens is 1. The minimum Gasteiger partial charge on any atom is -0.444 e. The van der Waals surface area contributed by atoms with Crippen LogP contribution in [0.25, 0.3) is 0 Å². The van der Waals surface area contributed by atoms with Crippen molar-refractivity contribution in [2.75, 3.05) is 0 Å². The van der Waals surface area contributed by atoms with Gasteiger partial charge in [0, 0.05) is 29.9 Å². The third kappa shape index (κ3) is 4.64. The van der Waals surface area contributed by atoms with Crippen molar-refractivity contribution in [2.24, 2.45) is 5.92 Å². The number of pyridine rings is 1. The van der Waals surface area contributed by atoms with Crippen LogP contribution in [0.2, 0.25) is 0 Å². The normalized spacial score (nSPS) is 30.2. The van der Waals surface area contributed by atoms with E-state index in [2.05, 4.69) is 10.3 Å². The van der Waals surface area contributed by atoms with Crippen molar-refractivity contribution in [2.45, 2.75) is 95.4 Å². The van der Waals surface area contributed by atoms with E-state index in [-0.39, 0.29) is 35.4 Å². The molecule has 174 valence electrons. The van der Waals surface area contributed by atoms with Gasteiger partial charge in [-0.05, 0) is 77.7 Å². The number of nitrogens with one attached hydrogen (secondary N) is 1. The molecule has 0 aromatic carbocycles. The number of hydrogen-bond donors (Lipinski definition) is 1. The second-order valence-electron chi connectivity index (χ2n) is 10.3. The van der Waals surface area contributed by atoms with Crippen LogP contribution in [-0.4, -0.2) is 51.4 Å². The lowest BCUT2D eigenvalue weighted by Crippen LogP contribution is -2.54. The van der Waals surface area contributed by atoms with Crippen molar-refractivity contribution >= 4 is 17.8 Å². The van der Waals surface area contributed by atoms with Crippen LogP contribution >= 0.6 is 0 Å². The zero-order chi connectivity index (χ0) is 23.0. The molecule has 0 spiro atoms. The van der Waals surface area contributed by atoms with Gasteiger partial charge in [-0.1, -0.05) is 0 Å². The number of ether oxygens (including phenoxy) is 1. The largest absolute Gasteiger partial charge is 0.444 e. The molecule has 0 radical (unpaired) electrons. The maximum absolute atomic E-state index is 14.0. The summed E-state index contributed by atoms with van der Waals surface area (Å²) in [5.41, 5.74) is -0.0885. The van der Waals surface area contributed by atoms with Crippen LogP contribution in [0.1, 0.15) is 77.2 Å². The zero-order valence-corrected chi connectivity index (χ0v) is 19.0. The molecule has 1 saturated carbocycles. The molecule has 3 aliphatic rings. The molecule has 1 aromatic heterocycles. The maximum Gasteiger partial charge on any atom is 0.408 e. The quantitative estimate of drug-likeness (QED) is 0.763. The highest BCUT2D eigenvalue weighted by molar-refractivity contribution is 5.94. The van der Waals surface area contributed by atoms with Crippen molar-refractivity contribution in [3.63, 3.8) is 0 Å². The highest BCUT2D eigenvalue weighted by Gasteiger charge is 2.48. The van der Waals surface area contributed by atoms with Gasteiger partial charge in [-0.15, -0.1) is 0 Å². The lowest BCUT2D eigenvalue weighted by molar-refractivity contribution is -0.143. The Kier molecular flexibility index (Phi) is 6.23. The molecule has 2 aliphatic heterocycles. The summed E-state index contributed by atoms with van der Waals surface area (Å²) in [5, 5.41) is 2.72. The smallest absolute Gasteiger partial charge is 0.408 e. The van der Waals surface area contributed by atoms with E-state index in [0.717, 1.165) is 19.3 Å². The van der Waals surface area contributed by atoms with Gasteiger partial charge in [0.2, 0.25) is 5.91 Å². The Morgan fingerprint density at radius 3 is 2.62 bits per heavy atom. The van der Waals surface area contributed by atoms with Gasteiger partial charge in [-0.2, -0.15) is 0 Å². The second-order valence-corrected chi connectivity index (χ2v) is 10.3. The summed E-state index contributed by atoms with van der Waals surface area (Å²) in [4.78, 5) is 44.6. The molecule has 4 rings (SSSR count). The number of fused-ring (bicyclic) bond motifs is 1.